The van der Waals surface area contributed by atoms with E-state index in [-0.39, 0.29) is 5.91 Å². The summed E-state index contributed by atoms with van der Waals surface area (Å²) >= 11 is 0. The molecule has 0 saturated heterocycles. The minimum Gasteiger partial charge on any atom is -0.469 e. The van der Waals surface area contributed by atoms with Gasteiger partial charge in [0.1, 0.15) is 5.76 Å². The largest absolute Gasteiger partial charge is 0.469 e. The number of nitrogens with one attached hydrogen (secondary N) is 1. The zero-order valence-electron chi connectivity index (χ0n) is 11.0. The first-order chi connectivity index (χ1) is 9.65. The molecule has 0 atom stereocenters. The summed E-state index contributed by atoms with van der Waals surface area (Å²) < 4.78 is 5.16. The van der Waals surface area contributed by atoms with E-state index in [1.54, 1.807) is 30.5 Å². The number of rotatable bonds is 6. The lowest BCUT2D eigenvalue weighted by Crippen LogP contribution is -2.23. The van der Waals surface area contributed by atoms with Crippen LogP contribution in [0.25, 0.3) is 0 Å². The maximum absolute atomic E-state index is 11.7. The van der Waals surface area contributed by atoms with Gasteiger partial charge in [0.2, 0.25) is 11.8 Å². The van der Waals surface area contributed by atoms with E-state index in [0.29, 0.717) is 24.9 Å². The van der Waals surface area contributed by atoms with Gasteiger partial charge in [0.05, 0.1) is 6.26 Å². The van der Waals surface area contributed by atoms with Gasteiger partial charge in [-0.3, -0.25) is 9.59 Å². The van der Waals surface area contributed by atoms with Gasteiger partial charge in [-0.2, -0.15) is 0 Å². The van der Waals surface area contributed by atoms with Crippen molar-refractivity contribution in [2.24, 2.45) is 5.73 Å². The molecule has 0 aliphatic rings. The maximum atomic E-state index is 11.7. The van der Waals surface area contributed by atoms with E-state index in [4.69, 9.17) is 10.2 Å². The Kier molecular flexibility index (Phi) is 4.55. The third kappa shape index (κ3) is 3.98. The molecule has 0 saturated carbocycles. The number of aryl methyl sites for hydroxylation is 1. The second kappa shape index (κ2) is 6.56. The third-order valence-electron chi connectivity index (χ3n) is 2.88. The van der Waals surface area contributed by atoms with Crippen LogP contribution < -0.4 is 11.1 Å². The molecule has 3 N–H and O–H groups in total. The molecule has 104 valence electrons. The van der Waals surface area contributed by atoms with Crippen LogP contribution in [-0.2, 0) is 17.8 Å². The van der Waals surface area contributed by atoms with Crippen LogP contribution in [0.1, 0.15) is 28.1 Å². The van der Waals surface area contributed by atoms with E-state index in [2.05, 4.69) is 5.32 Å². The van der Waals surface area contributed by atoms with Crippen molar-refractivity contribution in [1.29, 1.82) is 0 Å². The lowest BCUT2D eigenvalue weighted by atomic mass is 10.1. The van der Waals surface area contributed by atoms with Gasteiger partial charge in [0, 0.05) is 24.9 Å². The Morgan fingerprint density at radius 2 is 2.05 bits per heavy atom. The number of hydrogen-bond acceptors (Lipinski definition) is 3. The summed E-state index contributed by atoms with van der Waals surface area (Å²) in [7, 11) is 0. The summed E-state index contributed by atoms with van der Waals surface area (Å²) in [4.78, 5) is 22.7. The summed E-state index contributed by atoms with van der Waals surface area (Å²) in [6, 6.07) is 10.5. The number of amides is 2. The van der Waals surface area contributed by atoms with E-state index in [1.807, 2.05) is 12.1 Å². The first-order valence-electron chi connectivity index (χ1n) is 6.33. The summed E-state index contributed by atoms with van der Waals surface area (Å²) in [5.41, 5.74) is 6.48. The van der Waals surface area contributed by atoms with Gasteiger partial charge in [-0.25, -0.2) is 0 Å². The molecule has 0 unspecified atom stereocenters. The van der Waals surface area contributed by atoms with E-state index in [9.17, 15) is 9.59 Å². The predicted molar refractivity (Wildman–Crippen MR) is 73.8 cm³/mol. The number of nitrogens with two attached hydrogens (primary N) is 1. The van der Waals surface area contributed by atoms with Crippen LogP contribution in [0.15, 0.2) is 47.1 Å². The van der Waals surface area contributed by atoms with Gasteiger partial charge in [-0.1, -0.05) is 12.1 Å². The molecule has 1 aromatic carbocycles. The number of primary amides is 1. The lowest BCUT2D eigenvalue weighted by Gasteiger charge is -2.06. The highest BCUT2D eigenvalue weighted by Crippen LogP contribution is 2.06. The summed E-state index contributed by atoms with van der Waals surface area (Å²) in [6.07, 6.45) is 2.52. The molecule has 1 heterocycles. The Balaban J connectivity index is 1.81. The molecular weight excluding hydrogens is 256 g/mol. The second-order valence-electron chi connectivity index (χ2n) is 4.42. The summed E-state index contributed by atoms with van der Waals surface area (Å²) in [5.74, 6) is 0.248. The van der Waals surface area contributed by atoms with Crippen LogP contribution in [0.3, 0.4) is 0 Å². The molecule has 0 fully saturated rings. The van der Waals surface area contributed by atoms with Crippen LogP contribution in [-0.4, -0.2) is 11.8 Å². The highest BCUT2D eigenvalue weighted by Gasteiger charge is 2.05. The maximum Gasteiger partial charge on any atom is 0.248 e. The average Bonchev–Trinajstić information content (AvgIpc) is 2.96. The van der Waals surface area contributed by atoms with Crippen molar-refractivity contribution >= 4 is 11.8 Å². The molecule has 2 rings (SSSR count). The molecule has 5 nitrogen and oxygen atoms in total. The highest BCUT2D eigenvalue weighted by molar-refractivity contribution is 5.92. The zero-order valence-corrected chi connectivity index (χ0v) is 11.0. The zero-order chi connectivity index (χ0) is 14.4. The van der Waals surface area contributed by atoms with Gasteiger partial charge in [0.15, 0.2) is 0 Å². The van der Waals surface area contributed by atoms with E-state index >= 15 is 0 Å². The number of hydrogen-bond donors (Lipinski definition) is 2. The van der Waals surface area contributed by atoms with Crippen LogP contribution in [0.2, 0.25) is 0 Å². The van der Waals surface area contributed by atoms with Gasteiger partial charge >= 0.3 is 0 Å². The SMILES string of the molecule is NC(=O)c1cccc(CNC(=O)CCc2ccco2)c1. The normalized spacial score (nSPS) is 10.2. The summed E-state index contributed by atoms with van der Waals surface area (Å²) in [5, 5.41) is 2.79. The van der Waals surface area contributed by atoms with Crippen molar-refractivity contribution in [3.63, 3.8) is 0 Å². The van der Waals surface area contributed by atoms with Gasteiger partial charge in [-0.15, -0.1) is 0 Å². The number of benzene rings is 1. The lowest BCUT2D eigenvalue weighted by molar-refractivity contribution is -0.121. The Bertz CT molecular complexity index is 591. The van der Waals surface area contributed by atoms with Crippen LogP contribution in [0, 0.1) is 0 Å². The molecule has 1 aromatic heterocycles. The van der Waals surface area contributed by atoms with E-state index in [1.165, 1.54) is 0 Å². The first-order valence-corrected chi connectivity index (χ1v) is 6.33. The highest BCUT2D eigenvalue weighted by atomic mass is 16.3. The van der Waals surface area contributed by atoms with Crippen molar-refractivity contribution in [2.45, 2.75) is 19.4 Å². The smallest absolute Gasteiger partial charge is 0.248 e. The second-order valence-corrected chi connectivity index (χ2v) is 4.42. The molecular formula is C15H16N2O3. The third-order valence-corrected chi connectivity index (χ3v) is 2.88. The molecule has 5 heteroatoms. The van der Waals surface area contributed by atoms with Gasteiger partial charge in [0.25, 0.3) is 0 Å². The molecule has 20 heavy (non-hydrogen) atoms. The standard InChI is InChI=1S/C15H16N2O3/c16-15(19)12-4-1-3-11(9-12)10-17-14(18)7-6-13-5-2-8-20-13/h1-5,8-9H,6-7,10H2,(H2,16,19)(H,17,18). The first kappa shape index (κ1) is 13.9. The fourth-order valence-corrected chi connectivity index (χ4v) is 1.82. The van der Waals surface area contributed by atoms with Crippen molar-refractivity contribution in [1.82, 2.24) is 5.32 Å². The number of carbonyl (C=O) groups excluding carboxylic acids is 2. The molecule has 0 aliphatic heterocycles. The number of carbonyl (C=O) groups is 2. The molecule has 0 bridgehead atoms. The summed E-state index contributed by atoms with van der Waals surface area (Å²) in [6.45, 7) is 0.373. The number of furan rings is 1. The fourth-order valence-electron chi connectivity index (χ4n) is 1.82. The van der Waals surface area contributed by atoms with Gasteiger partial charge in [-0.05, 0) is 29.8 Å². The van der Waals surface area contributed by atoms with Crippen LogP contribution in [0.5, 0.6) is 0 Å². The van der Waals surface area contributed by atoms with Crippen molar-refractivity contribution < 1.29 is 14.0 Å². The molecule has 0 radical (unpaired) electrons. The van der Waals surface area contributed by atoms with E-state index < -0.39 is 5.91 Å². The van der Waals surface area contributed by atoms with Crippen LogP contribution in [0.4, 0.5) is 0 Å². The molecule has 2 aromatic rings. The molecule has 2 amide bonds. The predicted octanol–water partition coefficient (Wildman–Crippen LogP) is 1.63. The van der Waals surface area contributed by atoms with Crippen molar-refractivity contribution in [3.05, 3.63) is 59.5 Å². The molecule has 0 aliphatic carbocycles. The Labute approximate surface area is 116 Å². The Morgan fingerprint density at radius 1 is 1.20 bits per heavy atom. The quantitative estimate of drug-likeness (QED) is 0.838. The monoisotopic (exact) mass is 272 g/mol. The Hall–Kier alpha value is -2.56. The average molecular weight is 272 g/mol. The Morgan fingerprint density at radius 3 is 2.75 bits per heavy atom. The van der Waals surface area contributed by atoms with Crippen LogP contribution >= 0.6 is 0 Å². The van der Waals surface area contributed by atoms with Gasteiger partial charge < -0.3 is 15.5 Å². The van der Waals surface area contributed by atoms with E-state index in [0.717, 1.165) is 11.3 Å². The minimum atomic E-state index is -0.476. The van der Waals surface area contributed by atoms with Crippen molar-refractivity contribution in [2.75, 3.05) is 0 Å². The molecule has 0 spiro atoms. The van der Waals surface area contributed by atoms with Crippen molar-refractivity contribution in [3.8, 4) is 0 Å². The minimum absolute atomic E-state index is 0.0640. The fraction of sp³-hybridized carbons (Fsp3) is 0.200. The topological polar surface area (TPSA) is 85.3 Å².